The van der Waals surface area contributed by atoms with E-state index in [4.69, 9.17) is 0 Å². The van der Waals surface area contributed by atoms with Gasteiger partial charge >= 0.3 is 0 Å². The molecule has 2 heteroatoms. The van der Waals surface area contributed by atoms with Crippen molar-refractivity contribution < 1.29 is 0 Å². The van der Waals surface area contributed by atoms with Crippen molar-refractivity contribution in [3.63, 3.8) is 0 Å². The average Bonchev–Trinajstić information content (AvgIpc) is 2.66. The number of hydrogen-bond acceptors (Lipinski definition) is 2. The van der Waals surface area contributed by atoms with Crippen LogP contribution in [0.3, 0.4) is 0 Å². The van der Waals surface area contributed by atoms with Crippen LogP contribution in [0.1, 0.15) is 45.4 Å². The average molecular weight is 239 g/mol. The second-order valence-corrected chi connectivity index (χ2v) is 6.63. The smallest absolute Gasteiger partial charge is 0.00454 e. The highest BCUT2D eigenvalue weighted by Gasteiger charge is 2.17. The van der Waals surface area contributed by atoms with Crippen LogP contribution in [0.15, 0.2) is 17.5 Å². The first-order valence-electron chi connectivity index (χ1n) is 6.25. The zero-order chi connectivity index (χ0) is 12.0. The van der Waals surface area contributed by atoms with Crippen molar-refractivity contribution in [1.29, 1.82) is 0 Å². The van der Waals surface area contributed by atoms with E-state index in [-0.39, 0.29) is 0 Å². The summed E-state index contributed by atoms with van der Waals surface area (Å²) in [5.74, 6) is 0. The Morgan fingerprint density at radius 2 is 2.06 bits per heavy atom. The Hall–Kier alpha value is -0.340. The van der Waals surface area contributed by atoms with Crippen LogP contribution in [0.4, 0.5) is 0 Å². The summed E-state index contributed by atoms with van der Waals surface area (Å²) < 4.78 is 0. The predicted octanol–water partition coefficient (Wildman–Crippen LogP) is 4.10. The maximum absolute atomic E-state index is 3.50. The van der Waals surface area contributed by atoms with Gasteiger partial charge in [0.25, 0.3) is 0 Å². The highest BCUT2D eigenvalue weighted by atomic mass is 32.1. The first-order valence-corrected chi connectivity index (χ1v) is 7.13. The molecular formula is C14H25NS. The maximum Gasteiger partial charge on any atom is 0.00454 e. The quantitative estimate of drug-likeness (QED) is 0.755. The van der Waals surface area contributed by atoms with Gasteiger partial charge < -0.3 is 5.32 Å². The van der Waals surface area contributed by atoms with Gasteiger partial charge in [-0.2, -0.15) is 0 Å². The Bertz CT molecular complexity index is 275. The number of hydrogen-bond donors (Lipinski definition) is 1. The molecule has 0 unspecified atom stereocenters. The fraction of sp³-hybridized carbons (Fsp3) is 0.714. The van der Waals surface area contributed by atoms with Crippen LogP contribution in [0, 0.1) is 5.41 Å². The first-order chi connectivity index (χ1) is 7.49. The minimum atomic E-state index is 0.450. The van der Waals surface area contributed by atoms with Crippen LogP contribution in [-0.4, -0.2) is 12.6 Å². The van der Waals surface area contributed by atoms with Crippen LogP contribution in [0.5, 0.6) is 0 Å². The first kappa shape index (κ1) is 13.7. The molecule has 1 nitrogen and oxygen atoms in total. The number of thiophene rings is 1. The van der Waals surface area contributed by atoms with Crippen molar-refractivity contribution in [1.82, 2.24) is 5.32 Å². The summed E-state index contributed by atoms with van der Waals surface area (Å²) in [4.78, 5) is 1.52. The Balaban J connectivity index is 2.23. The van der Waals surface area contributed by atoms with Crippen LogP contribution >= 0.6 is 11.3 Å². The molecule has 0 aromatic carbocycles. The van der Waals surface area contributed by atoms with Crippen molar-refractivity contribution in [3.05, 3.63) is 22.4 Å². The van der Waals surface area contributed by atoms with Gasteiger partial charge in [-0.25, -0.2) is 0 Å². The normalized spacial score (nSPS) is 12.3. The van der Waals surface area contributed by atoms with Crippen LogP contribution in [0.25, 0.3) is 0 Å². The van der Waals surface area contributed by atoms with E-state index in [0.717, 1.165) is 6.54 Å². The summed E-state index contributed by atoms with van der Waals surface area (Å²) in [6, 6.07) is 4.99. The Morgan fingerprint density at radius 1 is 1.31 bits per heavy atom. The van der Waals surface area contributed by atoms with Gasteiger partial charge in [-0.15, -0.1) is 11.3 Å². The molecular weight excluding hydrogens is 214 g/mol. The van der Waals surface area contributed by atoms with Gasteiger partial charge in [-0.05, 0) is 42.7 Å². The second-order valence-electron chi connectivity index (χ2n) is 5.60. The third-order valence-corrected chi connectivity index (χ3v) is 3.92. The van der Waals surface area contributed by atoms with Crippen LogP contribution < -0.4 is 5.32 Å². The molecule has 1 N–H and O–H groups in total. The Kier molecular flexibility index (Phi) is 5.50. The predicted molar refractivity (Wildman–Crippen MR) is 74.2 cm³/mol. The van der Waals surface area contributed by atoms with Crippen molar-refractivity contribution in [2.75, 3.05) is 6.54 Å². The monoisotopic (exact) mass is 239 g/mol. The Morgan fingerprint density at radius 3 is 2.62 bits per heavy atom. The number of aryl methyl sites for hydroxylation is 1. The molecule has 0 saturated heterocycles. The minimum Gasteiger partial charge on any atom is -0.315 e. The van der Waals surface area contributed by atoms with Crippen molar-refractivity contribution in [3.8, 4) is 0 Å². The molecule has 0 spiro atoms. The molecule has 16 heavy (non-hydrogen) atoms. The molecule has 1 aromatic rings. The summed E-state index contributed by atoms with van der Waals surface area (Å²) in [7, 11) is 0. The second kappa shape index (κ2) is 6.41. The van der Waals surface area contributed by atoms with Gasteiger partial charge in [0.1, 0.15) is 0 Å². The summed E-state index contributed by atoms with van der Waals surface area (Å²) in [5, 5.41) is 5.67. The van der Waals surface area contributed by atoms with Gasteiger partial charge in [-0.1, -0.05) is 33.8 Å². The van der Waals surface area contributed by atoms with Crippen LogP contribution in [0.2, 0.25) is 0 Å². The van der Waals surface area contributed by atoms with Crippen LogP contribution in [-0.2, 0) is 6.42 Å². The number of nitrogens with one attached hydrogen (secondary N) is 1. The molecule has 0 amide bonds. The molecule has 0 aliphatic rings. The largest absolute Gasteiger partial charge is 0.315 e. The highest BCUT2D eigenvalue weighted by molar-refractivity contribution is 7.09. The van der Waals surface area contributed by atoms with E-state index < -0.39 is 0 Å². The van der Waals surface area contributed by atoms with Gasteiger partial charge in [0, 0.05) is 10.9 Å². The van der Waals surface area contributed by atoms with E-state index in [9.17, 15) is 0 Å². The van der Waals surface area contributed by atoms with Gasteiger partial charge in [0.2, 0.25) is 0 Å². The third kappa shape index (κ3) is 5.66. The van der Waals surface area contributed by atoms with E-state index in [1.165, 1.54) is 24.1 Å². The molecule has 1 aromatic heterocycles. The summed E-state index contributed by atoms with van der Waals surface area (Å²) in [6.45, 7) is 10.3. The fourth-order valence-corrected chi connectivity index (χ4v) is 2.45. The maximum atomic E-state index is 3.50. The van der Waals surface area contributed by atoms with Crippen molar-refractivity contribution in [2.45, 2.75) is 53.0 Å². The molecule has 0 aliphatic carbocycles. The molecule has 0 fully saturated rings. The lowest BCUT2D eigenvalue weighted by Gasteiger charge is -2.25. The molecule has 1 rings (SSSR count). The van der Waals surface area contributed by atoms with E-state index in [0.29, 0.717) is 11.5 Å². The molecule has 0 atom stereocenters. The lowest BCUT2D eigenvalue weighted by Crippen LogP contribution is -2.27. The lowest BCUT2D eigenvalue weighted by molar-refractivity contribution is 0.299. The summed E-state index contributed by atoms with van der Waals surface area (Å²) in [6.07, 6.45) is 3.77. The van der Waals surface area contributed by atoms with Gasteiger partial charge in [0.15, 0.2) is 0 Å². The van der Waals surface area contributed by atoms with Crippen molar-refractivity contribution in [2.24, 2.45) is 5.41 Å². The molecule has 0 bridgehead atoms. The molecule has 1 heterocycles. The topological polar surface area (TPSA) is 12.0 Å². The molecule has 0 aliphatic heterocycles. The van der Waals surface area contributed by atoms with E-state index in [2.05, 4.69) is 50.5 Å². The zero-order valence-corrected chi connectivity index (χ0v) is 11.9. The minimum absolute atomic E-state index is 0.450. The fourth-order valence-electron chi connectivity index (χ4n) is 1.74. The highest BCUT2D eigenvalue weighted by Crippen LogP contribution is 2.27. The van der Waals surface area contributed by atoms with Crippen molar-refractivity contribution >= 4 is 11.3 Å². The zero-order valence-electron chi connectivity index (χ0n) is 11.0. The van der Waals surface area contributed by atoms with E-state index in [1.54, 1.807) is 0 Å². The third-order valence-electron chi connectivity index (χ3n) is 2.98. The summed E-state index contributed by atoms with van der Waals surface area (Å²) >= 11 is 1.88. The lowest BCUT2D eigenvalue weighted by atomic mass is 9.84. The standard InChI is InChI=1S/C14H25NS/c1-12(2)15-10-9-14(3,4)8-7-13-6-5-11-16-13/h5-6,11-12,15H,7-10H2,1-4H3. The van der Waals surface area contributed by atoms with E-state index in [1.807, 2.05) is 11.3 Å². The summed E-state index contributed by atoms with van der Waals surface area (Å²) in [5.41, 5.74) is 0.450. The molecule has 0 radical (unpaired) electrons. The van der Waals surface area contributed by atoms with Gasteiger partial charge in [0.05, 0.1) is 0 Å². The Labute approximate surface area is 104 Å². The molecule has 0 saturated carbocycles. The number of rotatable bonds is 7. The SMILES string of the molecule is CC(C)NCCC(C)(C)CCc1cccs1. The van der Waals surface area contributed by atoms with Gasteiger partial charge in [-0.3, -0.25) is 0 Å². The molecule has 92 valence electrons. The van der Waals surface area contributed by atoms with E-state index >= 15 is 0 Å².